The average Bonchev–Trinajstić information content (AvgIpc) is 3.67. The third-order valence-corrected chi connectivity index (χ3v) is 7.97. The topological polar surface area (TPSA) is 61.6 Å². The highest BCUT2D eigenvalue weighted by Gasteiger charge is 2.45. The van der Waals surface area contributed by atoms with E-state index in [0.717, 1.165) is 41.8 Å². The van der Waals surface area contributed by atoms with Crippen LogP contribution in [0.5, 0.6) is 0 Å². The van der Waals surface area contributed by atoms with Crippen molar-refractivity contribution >= 4 is 28.2 Å². The lowest BCUT2D eigenvalue weighted by molar-refractivity contribution is 0.190. The van der Waals surface area contributed by atoms with Crippen LogP contribution in [0.2, 0.25) is 0 Å². The maximum atomic E-state index is 5.19. The highest BCUT2D eigenvalue weighted by Crippen LogP contribution is 2.36. The van der Waals surface area contributed by atoms with E-state index in [4.69, 9.17) is 4.98 Å². The lowest BCUT2D eigenvalue weighted by Gasteiger charge is -2.37. The van der Waals surface area contributed by atoms with Gasteiger partial charge in [-0.15, -0.1) is 0 Å². The second-order valence-electron chi connectivity index (χ2n) is 10.5. The van der Waals surface area contributed by atoms with Crippen molar-refractivity contribution in [3.05, 3.63) is 84.8 Å². The molecule has 3 aromatic heterocycles. The minimum Gasteiger partial charge on any atom is -0.366 e. The number of anilines is 2. The first kappa shape index (κ1) is 22.2. The lowest BCUT2D eigenvalue weighted by atomic mass is 10.0. The summed E-state index contributed by atoms with van der Waals surface area (Å²) in [6, 6.07) is 22.8. The molecule has 7 nitrogen and oxygen atoms in total. The molecule has 2 atom stereocenters. The summed E-state index contributed by atoms with van der Waals surface area (Å²) in [7, 11) is 0. The SMILES string of the molecule is CC(C)N1C[C@@H]2C[C@H]1CN2c1nc(-c2ccnc(NCc3cccc4ccccc34)c2)cc2nccn12. The predicted molar refractivity (Wildman–Crippen MR) is 149 cm³/mol. The summed E-state index contributed by atoms with van der Waals surface area (Å²) in [5, 5.41) is 6.04. The summed E-state index contributed by atoms with van der Waals surface area (Å²) in [4.78, 5) is 19.5. The molecule has 186 valence electrons. The zero-order chi connectivity index (χ0) is 24.9. The van der Waals surface area contributed by atoms with Gasteiger partial charge in [0.25, 0.3) is 0 Å². The number of nitrogens with zero attached hydrogens (tertiary/aromatic N) is 6. The van der Waals surface area contributed by atoms with Crippen molar-refractivity contribution in [2.45, 2.75) is 44.9 Å². The molecule has 0 unspecified atom stereocenters. The third kappa shape index (κ3) is 3.90. The number of nitrogens with one attached hydrogen (secondary N) is 1. The van der Waals surface area contributed by atoms with Gasteiger partial charge in [0.1, 0.15) is 11.5 Å². The van der Waals surface area contributed by atoms with Crippen LogP contribution < -0.4 is 10.2 Å². The molecule has 1 N–H and O–H groups in total. The van der Waals surface area contributed by atoms with E-state index < -0.39 is 0 Å². The molecule has 7 rings (SSSR count). The van der Waals surface area contributed by atoms with E-state index in [-0.39, 0.29) is 0 Å². The van der Waals surface area contributed by atoms with E-state index in [0.29, 0.717) is 24.7 Å². The monoisotopic (exact) mass is 489 g/mol. The van der Waals surface area contributed by atoms with Crippen molar-refractivity contribution in [1.82, 2.24) is 24.3 Å². The summed E-state index contributed by atoms with van der Waals surface area (Å²) in [5.74, 6) is 1.83. The van der Waals surface area contributed by atoms with Crippen LogP contribution in [0.4, 0.5) is 11.8 Å². The van der Waals surface area contributed by atoms with E-state index >= 15 is 0 Å². The summed E-state index contributed by atoms with van der Waals surface area (Å²) in [6.45, 7) is 7.42. The van der Waals surface area contributed by atoms with Crippen molar-refractivity contribution in [2.24, 2.45) is 0 Å². The minimum absolute atomic E-state index is 0.496. The van der Waals surface area contributed by atoms with Gasteiger partial charge < -0.3 is 10.2 Å². The molecule has 2 saturated heterocycles. The van der Waals surface area contributed by atoms with Crippen LogP contribution in [0.15, 0.2) is 79.3 Å². The van der Waals surface area contributed by atoms with Gasteiger partial charge in [0.05, 0.1) is 5.69 Å². The zero-order valence-corrected chi connectivity index (χ0v) is 21.2. The zero-order valence-electron chi connectivity index (χ0n) is 21.2. The first-order valence-corrected chi connectivity index (χ1v) is 13.2. The number of likely N-dealkylation sites (tertiary alicyclic amines) is 1. The maximum Gasteiger partial charge on any atom is 0.212 e. The number of rotatable bonds is 6. The van der Waals surface area contributed by atoms with Crippen molar-refractivity contribution in [1.29, 1.82) is 0 Å². The molecule has 2 aromatic carbocycles. The molecule has 5 heterocycles. The first-order chi connectivity index (χ1) is 18.1. The van der Waals surface area contributed by atoms with Gasteiger partial charge in [-0.25, -0.2) is 15.0 Å². The quantitative estimate of drug-likeness (QED) is 0.353. The van der Waals surface area contributed by atoms with E-state index in [1.807, 2.05) is 24.7 Å². The Labute approximate surface area is 216 Å². The molecule has 2 aliphatic rings. The highest BCUT2D eigenvalue weighted by molar-refractivity contribution is 5.85. The molecule has 0 radical (unpaired) electrons. The van der Waals surface area contributed by atoms with Gasteiger partial charge in [-0.2, -0.15) is 0 Å². The minimum atomic E-state index is 0.496. The van der Waals surface area contributed by atoms with E-state index in [2.05, 4.69) is 97.9 Å². The normalized spacial score (nSPS) is 19.5. The van der Waals surface area contributed by atoms with Crippen LogP contribution >= 0.6 is 0 Å². The van der Waals surface area contributed by atoms with Gasteiger partial charge in [-0.05, 0) is 48.7 Å². The molecule has 2 bridgehead atoms. The van der Waals surface area contributed by atoms with Gasteiger partial charge in [0.15, 0.2) is 0 Å². The number of piperazine rings is 1. The fraction of sp³-hybridized carbons (Fsp3) is 0.300. The van der Waals surface area contributed by atoms with Gasteiger partial charge in [0, 0.05) is 68.0 Å². The number of aromatic nitrogens is 4. The number of fused-ring (bicyclic) bond motifs is 4. The van der Waals surface area contributed by atoms with Gasteiger partial charge in [0.2, 0.25) is 5.95 Å². The van der Waals surface area contributed by atoms with Crippen molar-refractivity contribution in [2.75, 3.05) is 23.3 Å². The molecular formula is C30H31N7. The average molecular weight is 490 g/mol. The summed E-state index contributed by atoms with van der Waals surface area (Å²) in [5.41, 5.74) is 4.14. The number of hydrogen-bond acceptors (Lipinski definition) is 6. The van der Waals surface area contributed by atoms with Crippen LogP contribution in [0, 0.1) is 0 Å². The fourth-order valence-corrected chi connectivity index (χ4v) is 6.15. The van der Waals surface area contributed by atoms with E-state index in [1.165, 1.54) is 22.8 Å². The molecular weight excluding hydrogens is 458 g/mol. The molecule has 2 fully saturated rings. The second kappa shape index (κ2) is 8.85. The van der Waals surface area contributed by atoms with Crippen LogP contribution in [0.25, 0.3) is 27.7 Å². The summed E-state index contributed by atoms with van der Waals surface area (Å²) < 4.78 is 2.13. The van der Waals surface area contributed by atoms with Gasteiger partial charge in [-0.3, -0.25) is 9.30 Å². The second-order valence-corrected chi connectivity index (χ2v) is 10.5. The van der Waals surface area contributed by atoms with E-state index in [9.17, 15) is 0 Å². The van der Waals surface area contributed by atoms with Crippen molar-refractivity contribution in [3.63, 3.8) is 0 Å². The van der Waals surface area contributed by atoms with Crippen LogP contribution in [-0.4, -0.2) is 55.5 Å². The number of pyridine rings is 1. The largest absolute Gasteiger partial charge is 0.366 e. The fourth-order valence-electron chi connectivity index (χ4n) is 6.15. The first-order valence-electron chi connectivity index (χ1n) is 13.2. The number of hydrogen-bond donors (Lipinski definition) is 1. The van der Waals surface area contributed by atoms with Crippen LogP contribution in [0.3, 0.4) is 0 Å². The molecule has 0 amide bonds. The Morgan fingerprint density at radius 1 is 0.946 bits per heavy atom. The Kier molecular flexibility index (Phi) is 5.32. The van der Waals surface area contributed by atoms with Crippen LogP contribution in [0.1, 0.15) is 25.8 Å². The van der Waals surface area contributed by atoms with Crippen molar-refractivity contribution in [3.8, 4) is 11.3 Å². The van der Waals surface area contributed by atoms with Gasteiger partial charge >= 0.3 is 0 Å². The van der Waals surface area contributed by atoms with Crippen LogP contribution in [-0.2, 0) is 6.54 Å². The third-order valence-electron chi connectivity index (χ3n) is 7.97. The molecule has 5 aromatic rings. The summed E-state index contributed by atoms with van der Waals surface area (Å²) in [6.07, 6.45) is 6.95. The summed E-state index contributed by atoms with van der Waals surface area (Å²) >= 11 is 0. The van der Waals surface area contributed by atoms with E-state index in [1.54, 1.807) is 0 Å². The molecule has 37 heavy (non-hydrogen) atoms. The molecule has 7 heteroatoms. The number of benzene rings is 2. The lowest BCUT2D eigenvalue weighted by Crippen LogP contribution is -2.49. The Hall–Kier alpha value is -3.97. The molecule has 0 spiro atoms. The predicted octanol–water partition coefficient (Wildman–Crippen LogP) is 5.23. The molecule has 0 saturated carbocycles. The van der Waals surface area contributed by atoms with Gasteiger partial charge in [-0.1, -0.05) is 42.5 Å². The van der Waals surface area contributed by atoms with Crippen molar-refractivity contribution < 1.29 is 0 Å². The standard InChI is InChI=1S/C30H31N7/c1-20(2)36-18-25-15-24(36)19-37(25)30-34-27(16-29-32-12-13-35(29)30)22-10-11-31-28(14-22)33-17-23-8-5-7-21-6-3-4-9-26(21)23/h3-14,16,20,24-25H,15,17-19H2,1-2H3,(H,31,33)/t24-,25-/m0/s1. The maximum absolute atomic E-state index is 5.19. The Morgan fingerprint density at radius 3 is 2.70 bits per heavy atom. The highest BCUT2D eigenvalue weighted by atomic mass is 15.4. The molecule has 0 aliphatic carbocycles. The molecule has 2 aliphatic heterocycles. The Bertz CT molecular complexity index is 1580. The smallest absolute Gasteiger partial charge is 0.212 e. The Balaban J connectivity index is 1.18. The number of imidazole rings is 1. The Morgan fingerprint density at radius 2 is 1.84 bits per heavy atom.